The second-order valence-electron chi connectivity index (χ2n) is 5.91. The van der Waals surface area contributed by atoms with Crippen LogP contribution in [-0.2, 0) is 20.6 Å². The molecule has 0 atom stereocenters. The van der Waals surface area contributed by atoms with E-state index in [1.807, 2.05) is 0 Å². The summed E-state index contributed by atoms with van der Waals surface area (Å²) >= 11 is 0. The molecule has 0 radical (unpaired) electrons. The zero-order valence-corrected chi connectivity index (χ0v) is 14.6. The summed E-state index contributed by atoms with van der Waals surface area (Å²) in [7, 11) is 0. The molecule has 2 aromatic carbocycles. The second kappa shape index (κ2) is 7.66. The van der Waals surface area contributed by atoms with Crippen molar-refractivity contribution in [2.45, 2.75) is 6.18 Å². The molecule has 0 aliphatic carbocycles. The number of nitrogens with zero attached hydrogens (tertiary/aromatic N) is 1. The Bertz CT molecular complexity index is 1020. The number of carboxylic acids is 1. The number of ether oxygens (including phenoxy) is 1. The van der Waals surface area contributed by atoms with Crippen molar-refractivity contribution in [2.75, 3.05) is 11.6 Å². The number of carbonyl (C=O) groups is 3. The quantitative estimate of drug-likeness (QED) is 0.588. The number of para-hydroxylation sites is 1. The van der Waals surface area contributed by atoms with Gasteiger partial charge >= 0.3 is 12.1 Å². The number of carboxylic acid groups (broad SMARTS) is 1. The molecule has 2 amide bonds. The first-order valence-corrected chi connectivity index (χ1v) is 8.15. The summed E-state index contributed by atoms with van der Waals surface area (Å²) in [6.07, 6.45) is -3.43. The number of benzene rings is 2. The van der Waals surface area contributed by atoms with Crippen LogP contribution in [0.5, 0.6) is 5.75 Å². The van der Waals surface area contributed by atoms with Crippen molar-refractivity contribution < 1.29 is 37.4 Å². The van der Waals surface area contributed by atoms with Gasteiger partial charge in [0.2, 0.25) is 0 Å². The molecular formula is C19H13F3N2O5. The number of carbonyl (C=O) groups excluding carboxylic acids is 2. The second-order valence-corrected chi connectivity index (χ2v) is 5.91. The highest BCUT2D eigenvalue weighted by Crippen LogP contribution is 2.32. The van der Waals surface area contributed by atoms with Crippen molar-refractivity contribution in [3.8, 4) is 5.75 Å². The van der Waals surface area contributed by atoms with Crippen LogP contribution in [0.15, 0.2) is 54.1 Å². The summed E-state index contributed by atoms with van der Waals surface area (Å²) in [6.45, 7) is -0.628. The molecule has 0 unspecified atom stereocenters. The molecule has 0 saturated carbocycles. The molecule has 0 aromatic heterocycles. The van der Waals surface area contributed by atoms with Crippen LogP contribution < -0.4 is 15.2 Å². The summed E-state index contributed by atoms with van der Waals surface area (Å²) in [5.41, 5.74) is 1.01. The molecule has 0 spiro atoms. The number of hydrazine groups is 1. The summed E-state index contributed by atoms with van der Waals surface area (Å²) in [5, 5.41) is 9.44. The molecule has 150 valence electrons. The highest BCUT2D eigenvalue weighted by atomic mass is 19.4. The van der Waals surface area contributed by atoms with Gasteiger partial charge in [-0.15, -0.1) is 0 Å². The summed E-state index contributed by atoms with van der Waals surface area (Å²) < 4.78 is 43.8. The fourth-order valence-corrected chi connectivity index (χ4v) is 2.59. The van der Waals surface area contributed by atoms with Crippen molar-refractivity contribution >= 4 is 29.5 Å². The Hall–Kier alpha value is -3.82. The molecule has 1 fully saturated rings. The van der Waals surface area contributed by atoms with Gasteiger partial charge in [0.1, 0.15) is 11.3 Å². The van der Waals surface area contributed by atoms with E-state index >= 15 is 0 Å². The molecule has 10 heteroatoms. The van der Waals surface area contributed by atoms with Gasteiger partial charge in [-0.05, 0) is 30.3 Å². The predicted octanol–water partition coefficient (Wildman–Crippen LogP) is 2.63. The normalized spacial score (nSPS) is 15.6. The van der Waals surface area contributed by atoms with Crippen LogP contribution in [0.4, 0.5) is 18.9 Å². The van der Waals surface area contributed by atoms with Gasteiger partial charge in [0.25, 0.3) is 11.8 Å². The molecule has 2 aromatic rings. The van der Waals surface area contributed by atoms with Crippen LogP contribution in [0.25, 0.3) is 6.08 Å². The van der Waals surface area contributed by atoms with E-state index in [0.717, 1.165) is 18.2 Å². The smallest absolute Gasteiger partial charge is 0.416 e. The molecule has 3 rings (SSSR count). The topological polar surface area (TPSA) is 95.9 Å². The van der Waals surface area contributed by atoms with Crippen LogP contribution in [0.3, 0.4) is 0 Å². The minimum absolute atomic E-state index is 0.125. The first-order valence-electron chi connectivity index (χ1n) is 8.15. The van der Waals surface area contributed by atoms with Crippen LogP contribution in [0, 0.1) is 0 Å². The molecular weight excluding hydrogens is 393 g/mol. The van der Waals surface area contributed by atoms with Crippen LogP contribution in [0.1, 0.15) is 11.1 Å². The maximum absolute atomic E-state index is 12.9. The Morgan fingerprint density at radius 1 is 1.14 bits per heavy atom. The number of alkyl halides is 3. The fourth-order valence-electron chi connectivity index (χ4n) is 2.59. The number of aliphatic carboxylic acids is 1. The van der Waals surface area contributed by atoms with Gasteiger partial charge in [-0.25, -0.2) is 9.80 Å². The van der Waals surface area contributed by atoms with Gasteiger partial charge in [0.15, 0.2) is 6.61 Å². The lowest BCUT2D eigenvalue weighted by atomic mass is 10.1. The van der Waals surface area contributed by atoms with E-state index in [9.17, 15) is 27.6 Å². The molecule has 7 nitrogen and oxygen atoms in total. The molecule has 0 bridgehead atoms. The minimum atomic E-state index is -4.61. The van der Waals surface area contributed by atoms with Gasteiger partial charge < -0.3 is 9.84 Å². The molecule has 29 heavy (non-hydrogen) atoms. The lowest BCUT2D eigenvalue weighted by Gasteiger charge is -2.16. The zero-order chi connectivity index (χ0) is 21.2. The maximum Gasteiger partial charge on any atom is 0.416 e. The number of rotatable bonds is 5. The van der Waals surface area contributed by atoms with Crippen molar-refractivity contribution in [3.05, 3.63) is 65.2 Å². The summed E-state index contributed by atoms with van der Waals surface area (Å²) in [6, 6.07) is 10.1. The van der Waals surface area contributed by atoms with Crippen LogP contribution >= 0.6 is 0 Å². The van der Waals surface area contributed by atoms with E-state index in [0.29, 0.717) is 5.01 Å². The standard InChI is InChI=1S/C19H13F3N2O5/c20-19(21,22)12-5-3-6-13(9-12)24-18(28)14(17(27)23-24)8-11-4-1-2-7-15(11)29-10-16(25)26/h1-9H,10H2,(H,23,27)(H,25,26). The highest BCUT2D eigenvalue weighted by Gasteiger charge is 2.36. The van der Waals surface area contributed by atoms with Gasteiger partial charge in [-0.3, -0.25) is 15.0 Å². The van der Waals surface area contributed by atoms with E-state index < -0.39 is 36.1 Å². The first-order chi connectivity index (χ1) is 13.7. The lowest BCUT2D eigenvalue weighted by Crippen LogP contribution is -2.35. The van der Waals surface area contributed by atoms with Gasteiger partial charge in [-0.1, -0.05) is 24.3 Å². The van der Waals surface area contributed by atoms with Crippen molar-refractivity contribution in [1.82, 2.24) is 5.43 Å². The Balaban J connectivity index is 1.92. The fraction of sp³-hybridized carbons (Fsp3) is 0.105. The number of nitrogens with one attached hydrogen (secondary N) is 1. The Kier molecular flexibility index (Phi) is 5.26. The number of halogens is 3. The summed E-state index contributed by atoms with van der Waals surface area (Å²) in [5.74, 6) is -2.76. The largest absolute Gasteiger partial charge is 0.481 e. The van der Waals surface area contributed by atoms with Crippen molar-refractivity contribution in [3.63, 3.8) is 0 Å². The zero-order valence-electron chi connectivity index (χ0n) is 14.6. The SMILES string of the molecule is O=C(O)COc1ccccc1C=C1C(=O)NN(c2cccc(C(F)(F)F)c2)C1=O. The summed E-state index contributed by atoms with van der Waals surface area (Å²) in [4.78, 5) is 35.5. The monoisotopic (exact) mass is 406 g/mol. The third-order valence-electron chi connectivity index (χ3n) is 3.89. The van der Waals surface area contributed by atoms with E-state index in [-0.39, 0.29) is 22.6 Å². The van der Waals surface area contributed by atoms with E-state index in [1.165, 1.54) is 24.3 Å². The Morgan fingerprint density at radius 2 is 1.86 bits per heavy atom. The number of amides is 2. The number of anilines is 1. The average molecular weight is 406 g/mol. The van der Waals surface area contributed by atoms with E-state index in [1.54, 1.807) is 12.1 Å². The third-order valence-corrected chi connectivity index (χ3v) is 3.89. The van der Waals surface area contributed by atoms with Crippen LogP contribution in [0.2, 0.25) is 0 Å². The average Bonchev–Trinajstić information content (AvgIpc) is 2.95. The Morgan fingerprint density at radius 3 is 2.55 bits per heavy atom. The maximum atomic E-state index is 12.9. The predicted molar refractivity (Wildman–Crippen MR) is 94.6 cm³/mol. The first kappa shape index (κ1) is 19.9. The molecule has 2 N–H and O–H groups in total. The molecule has 1 aliphatic rings. The molecule has 1 saturated heterocycles. The van der Waals surface area contributed by atoms with Gasteiger partial charge in [0, 0.05) is 5.56 Å². The van der Waals surface area contributed by atoms with Gasteiger partial charge in [0.05, 0.1) is 11.3 Å². The lowest BCUT2D eigenvalue weighted by molar-refractivity contribution is -0.139. The van der Waals surface area contributed by atoms with Crippen molar-refractivity contribution in [2.24, 2.45) is 0 Å². The number of hydrogen-bond acceptors (Lipinski definition) is 4. The highest BCUT2D eigenvalue weighted by molar-refractivity contribution is 6.31. The van der Waals surface area contributed by atoms with E-state index in [2.05, 4.69) is 5.43 Å². The molecule has 1 aliphatic heterocycles. The van der Waals surface area contributed by atoms with E-state index in [4.69, 9.17) is 9.84 Å². The van der Waals surface area contributed by atoms with Crippen LogP contribution in [-0.4, -0.2) is 29.5 Å². The van der Waals surface area contributed by atoms with Gasteiger partial charge in [-0.2, -0.15) is 13.2 Å². The minimum Gasteiger partial charge on any atom is -0.481 e. The third kappa shape index (κ3) is 4.37. The number of hydrogen-bond donors (Lipinski definition) is 2. The van der Waals surface area contributed by atoms with Crippen molar-refractivity contribution in [1.29, 1.82) is 0 Å². The molecule has 1 heterocycles. The Labute approximate surface area is 162 Å².